The average molecular weight is 275 g/mol. The van der Waals surface area contributed by atoms with Crippen LogP contribution in [-0.2, 0) is 15.1 Å². The number of benzene rings is 1. The normalized spacial score (nSPS) is 18.8. The molecule has 1 heterocycles. The standard InChI is InChI=1S/C17H25NO2/c1-4-20-16(19)13-17(3,18-11-7-8-12-18)15-10-6-5-9-14(15)2/h5-6,9-10H,4,7-8,11-13H2,1-3H3. The van der Waals surface area contributed by atoms with Gasteiger partial charge in [0.15, 0.2) is 0 Å². The number of hydrogen-bond acceptors (Lipinski definition) is 3. The minimum atomic E-state index is -0.256. The fourth-order valence-corrected chi connectivity index (χ4v) is 3.26. The van der Waals surface area contributed by atoms with Crippen molar-refractivity contribution < 1.29 is 9.53 Å². The maximum absolute atomic E-state index is 12.1. The molecule has 1 aromatic rings. The van der Waals surface area contributed by atoms with Crippen LogP contribution >= 0.6 is 0 Å². The van der Waals surface area contributed by atoms with Gasteiger partial charge in [-0.15, -0.1) is 0 Å². The number of esters is 1. The van der Waals surface area contributed by atoms with Crippen molar-refractivity contribution in [2.75, 3.05) is 19.7 Å². The molecule has 3 heteroatoms. The number of aryl methyl sites for hydroxylation is 1. The number of carbonyl (C=O) groups excluding carboxylic acids is 1. The molecule has 0 aliphatic carbocycles. The molecule has 110 valence electrons. The molecule has 1 saturated heterocycles. The van der Waals surface area contributed by atoms with Crippen LogP contribution in [0.25, 0.3) is 0 Å². The first-order valence-corrected chi connectivity index (χ1v) is 7.54. The molecule has 20 heavy (non-hydrogen) atoms. The lowest BCUT2D eigenvalue weighted by molar-refractivity contribution is -0.146. The van der Waals surface area contributed by atoms with E-state index in [4.69, 9.17) is 4.74 Å². The molecule has 1 atom stereocenters. The molecule has 2 rings (SSSR count). The predicted molar refractivity (Wildman–Crippen MR) is 80.6 cm³/mol. The zero-order valence-electron chi connectivity index (χ0n) is 12.8. The van der Waals surface area contributed by atoms with Gasteiger partial charge < -0.3 is 4.74 Å². The maximum atomic E-state index is 12.1. The van der Waals surface area contributed by atoms with Crippen molar-refractivity contribution in [2.45, 2.75) is 45.6 Å². The molecule has 1 aromatic carbocycles. The molecular formula is C17H25NO2. The third-order valence-electron chi connectivity index (χ3n) is 4.32. The van der Waals surface area contributed by atoms with Gasteiger partial charge in [0.2, 0.25) is 0 Å². The van der Waals surface area contributed by atoms with Gasteiger partial charge in [-0.2, -0.15) is 0 Å². The molecule has 0 amide bonds. The lowest BCUT2D eigenvalue weighted by atomic mass is 9.84. The topological polar surface area (TPSA) is 29.5 Å². The molecule has 0 radical (unpaired) electrons. The van der Waals surface area contributed by atoms with Crippen molar-refractivity contribution in [2.24, 2.45) is 0 Å². The van der Waals surface area contributed by atoms with Gasteiger partial charge in [0.25, 0.3) is 0 Å². The Labute approximate surface area is 121 Å². The highest BCUT2D eigenvalue weighted by molar-refractivity contribution is 5.71. The summed E-state index contributed by atoms with van der Waals surface area (Å²) in [6.07, 6.45) is 2.85. The third kappa shape index (κ3) is 3.04. The lowest BCUT2D eigenvalue weighted by Crippen LogP contribution is -2.44. The second kappa shape index (κ2) is 6.40. The largest absolute Gasteiger partial charge is 0.466 e. The molecule has 0 bridgehead atoms. The average Bonchev–Trinajstić information content (AvgIpc) is 2.93. The smallest absolute Gasteiger partial charge is 0.307 e. The first-order chi connectivity index (χ1) is 9.58. The van der Waals surface area contributed by atoms with Gasteiger partial charge in [0.1, 0.15) is 0 Å². The molecule has 1 aliphatic heterocycles. The number of hydrogen-bond donors (Lipinski definition) is 0. The van der Waals surface area contributed by atoms with Crippen molar-refractivity contribution in [3.63, 3.8) is 0 Å². The van der Waals surface area contributed by atoms with E-state index in [1.807, 2.05) is 13.0 Å². The summed E-state index contributed by atoms with van der Waals surface area (Å²) in [4.78, 5) is 14.5. The monoisotopic (exact) mass is 275 g/mol. The van der Waals surface area contributed by atoms with Crippen LogP contribution in [0.1, 0.15) is 44.2 Å². The zero-order chi connectivity index (χ0) is 14.6. The Balaban J connectivity index is 2.33. The molecule has 0 spiro atoms. The first kappa shape index (κ1) is 15.0. The Morgan fingerprint density at radius 2 is 1.95 bits per heavy atom. The number of carbonyl (C=O) groups is 1. The lowest BCUT2D eigenvalue weighted by Gasteiger charge is -2.39. The summed E-state index contributed by atoms with van der Waals surface area (Å²) in [5.41, 5.74) is 2.23. The molecule has 0 N–H and O–H groups in total. The van der Waals surface area contributed by atoms with Crippen LogP contribution in [0, 0.1) is 6.92 Å². The van der Waals surface area contributed by atoms with E-state index in [1.165, 1.54) is 24.0 Å². The molecule has 3 nitrogen and oxygen atoms in total. The van der Waals surface area contributed by atoms with Crippen LogP contribution in [0.15, 0.2) is 24.3 Å². The molecule has 1 fully saturated rings. The number of likely N-dealkylation sites (tertiary alicyclic amines) is 1. The number of nitrogens with zero attached hydrogens (tertiary/aromatic N) is 1. The minimum absolute atomic E-state index is 0.106. The first-order valence-electron chi connectivity index (χ1n) is 7.54. The van der Waals surface area contributed by atoms with Gasteiger partial charge in [-0.1, -0.05) is 24.3 Å². The summed E-state index contributed by atoms with van der Waals surface area (Å²) < 4.78 is 5.19. The highest BCUT2D eigenvalue weighted by Gasteiger charge is 2.38. The van der Waals surface area contributed by atoms with E-state index in [1.54, 1.807) is 0 Å². The van der Waals surface area contributed by atoms with Crippen molar-refractivity contribution >= 4 is 5.97 Å². The number of ether oxygens (including phenoxy) is 1. The second-order valence-electron chi connectivity index (χ2n) is 5.76. The second-order valence-corrected chi connectivity index (χ2v) is 5.76. The van der Waals surface area contributed by atoms with E-state index < -0.39 is 0 Å². The van der Waals surface area contributed by atoms with Crippen molar-refractivity contribution in [1.29, 1.82) is 0 Å². The van der Waals surface area contributed by atoms with Gasteiger partial charge in [-0.3, -0.25) is 9.69 Å². The fraction of sp³-hybridized carbons (Fsp3) is 0.588. The van der Waals surface area contributed by atoms with E-state index in [9.17, 15) is 4.79 Å². The Kier molecular flexibility index (Phi) is 4.81. The molecule has 0 saturated carbocycles. The van der Waals surface area contributed by atoms with Crippen LogP contribution in [0.2, 0.25) is 0 Å². The third-order valence-corrected chi connectivity index (χ3v) is 4.32. The number of rotatable bonds is 5. The fourth-order valence-electron chi connectivity index (χ4n) is 3.26. The van der Waals surface area contributed by atoms with Crippen molar-refractivity contribution in [3.8, 4) is 0 Å². The molecule has 1 unspecified atom stereocenters. The maximum Gasteiger partial charge on any atom is 0.307 e. The molecule has 0 aromatic heterocycles. The summed E-state index contributed by atoms with van der Waals surface area (Å²) in [7, 11) is 0. The Bertz CT molecular complexity index is 466. The molecule has 1 aliphatic rings. The van der Waals surface area contributed by atoms with E-state index in [0.29, 0.717) is 13.0 Å². The Morgan fingerprint density at radius 3 is 2.55 bits per heavy atom. The van der Waals surface area contributed by atoms with E-state index in [2.05, 4.69) is 36.9 Å². The Hall–Kier alpha value is -1.35. The van der Waals surface area contributed by atoms with E-state index >= 15 is 0 Å². The van der Waals surface area contributed by atoms with Crippen LogP contribution in [0.3, 0.4) is 0 Å². The van der Waals surface area contributed by atoms with Crippen molar-refractivity contribution in [3.05, 3.63) is 35.4 Å². The summed E-state index contributed by atoms with van der Waals surface area (Å²) in [6.45, 7) is 8.72. The van der Waals surface area contributed by atoms with Crippen molar-refractivity contribution in [1.82, 2.24) is 4.90 Å². The summed E-state index contributed by atoms with van der Waals surface area (Å²) in [5, 5.41) is 0. The summed E-state index contributed by atoms with van der Waals surface area (Å²) in [6, 6.07) is 8.37. The SMILES string of the molecule is CCOC(=O)CC(C)(c1ccccc1C)N1CCCC1. The Morgan fingerprint density at radius 1 is 1.30 bits per heavy atom. The predicted octanol–water partition coefficient (Wildman–Crippen LogP) is 3.26. The van der Waals surface area contributed by atoms with Crippen LogP contribution in [0.4, 0.5) is 0 Å². The highest BCUT2D eigenvalue weighted by Crippen LogP contribution is 2.36. The minimum Gasteiger partial charge on any atom is -0.466 e. The van der Waals surface area contributed by atoms with Gasteiger partial charge in [0.05, 0.1) is 18.6 Å². The van der Waals surface area contributed by atoms with Gasteiger partial charge >= 0.3 is 5.97 Å². The summed E-state index contributed by atoms with van der Waals surface area (Å²) in [5.74, 6) is -0.106. The van der Waals surface area contributed by atoms with Crippen LogP contribution < -0.4 is 0 Å². The van der Waals surface area contributed by atoms with E-state index in [-0.39, 0.29) is 11.5 Å². The van der Waals surface area contributed by atoms with Crippen LogP contribution in [0.5, 0.6) is 0 Å². The van der Waals surface area contributed by atoms with Gasteiger partial charge in [0, 0.05) is 0 Å². The quantitative estimate of drug-likeness (QED) is 0.773. The highest BCUT2D eigenvalue weighted by atomic mass is 16.5. The zero-order valence-corrected chi connectivity index (χ0v) is 12.8. The van der Waals surface area contributed by atoms with Crippen LogP contribution in [-0.4, -0.2) is 30.6 Å². The molecular weight excluding hydrogens is 250 g/mol. The van der Waals surface area contributed by atoms with Gasteiger partial charge in [-0.05, 0) is 57.8 Å². The van der Waals surface area contributed by atoms with Gasteiger partial charge in [-0.25, -0.2) is 0 Å². The van der Waals surface area contributed by atoms with E-state index in [0.717, 1.165) is 13.1 Å². The summed E-state index contributed by atoms with van der Waals surface area (Å²) >= 11 is 0.